The van der Waals surface area contributed by atoms with E-state index in [4.69, 9.17) is 0 Å². The van der Waals surface area contributed by atoms with Gasteiger partial charge in [0.15, 0.2) is 28.8 Å². The first-order valence-corrected chi connectivity index (χ1v) is 15.9. The number of carbonyl (C=O) groups excluding carboxylic acids is 3. The predicted molar refractivity (Wildman–Crippen MR) is 178 cm³/mol. The van der Waals surface area contributed by atoms with E-state index in [-0.39, 0.29) is 43.1 Å². The molecule has 2 bridgehead atoms. The Labute approximate surface area is 268 Å². The van der Waals surface area contributed by atoms with Gasteiger partial charge in [-0.1, -0.05) is 49.3 Å². The lowest BCUT2D eigenvalue weighted by Crippen LogP contribution is -2.70. The summed E-state index contributed by atoms with van der Waals surface area (Å²) >= 11 is 0. The zero-order valence-corrected chi connectivity index (χ0v) is 28.5. The van der Waals surface area contributed by atoms with E-state index >= 15 is 4.79 Å². The number of hydrogen-bond donors (Lipinski definition) is 4. The van der Waals surface area contributed by atoms with Gasteiger partial charge in [-0.15, -0.1) is 0 Å². The Kier molecular flexibility index (Phi) is 10.2. The summed E-state index contributed by atoms with van der Waals surface area (Å²) < 4.78 is 0. The molecule has 2 aliphatic carbocycles. The highest BCUT2D eigenvalue weighted by Crippen LogP contribution is 2.66. The average Bonchev–Trinajstić information content (AvgIpc) is 2.91. The summed E-state index contributed by atoms with van der Waals surface area (Å²) in [5, 5.41) is 42.6. The molecule has 2 fully saturated rings. The first-order valence-electron chi connectivity index (χ1n) is 15.9. The van der Waals surface area contributed by atoms with Crippen molar-refractivity contribution in [3.63, 3.8) is 0 Å². The van der Waals surface area contributed by atoms with Crippen LogP contribution >= 0.6 is 0 Å². The van der Waals surface area contributed by atoms with Crippen LogP contribution in [-0.2, 0) is 14.4 Å². The summed E-state index contributed by atoms with van der Waals surface area (Å²) in [5.41, 5.74) is -3.03. The van der Waals surface area contributed by atoms with E-state index in [9.17, 15) is 30.0 Å². The Balaban J connectivity index is 2.46. The molecule has 3 rings (SSSR count). The summed E-state index contributed by atoms with van der Waals surface area (Å²) in [4.78, 5) is 45.1. The third-order valence-electron chi connectivity index (χ3n) is 10.3. The Morgan fingerprint density at radius 2 is 1.60 bits per heavy atom. The molecule has 2 saturated carbocycles. The van der Waals surface area contributed by atoms with Crippen molar-refractivity contribution in [2.45, 2.75) is 106 Å². The van der Waals surface area contributed by atoms with Crippen molar-refractivity contribution in [3.8, 4) is 11.5 Å². The number of phenolic OH excluding ortho intramolecular Hbond substituents is 2. The van der Waals surface area contributed by atoms with Crippen LogP contribution in [0.5, 0.6) is 11.5 Å². The first kappa shape index (κ1) is 36.0. The summed E-state index contributed by atoms with van der Waals surface area (Å²) in [6.07, 6.45) is 5.67. The molecular weight excluding hydrogens is 568 g/mol. The van der Waals surface area contributed by atoms with Gasteiger partial charge in [-0.2, -0.15) is 0 Å². The largest absolute Gasteiger partial charge is 0.506 e. The first-order chi connectivity index (χ1) is 20.6. The molecule has 4 unspecified atom stereocenters. The second-order valence-electron chi connectivity index (χ2n) is 15.1. The Morgan fingerprint density at radius 1 is 1.00 bits per heavy atom. The van der Waals surface area contributed by atoms with E-state index in [0.29, 0.717) is 12.8 Å². The normalized spacial score (nSPS) is 26.3. The molecular formula is C38H52O7. The third-order valence-corrected chi connectivity index (χ3v) is 10.3. The third kappa shape index (κ3) is 6.60. The minimum atomic E-state index is -1.72. The highest BCUT2D eigenvalue weighted by molar-refractivity contribution is 6.41. The number of Topliss-reactive ketones (excluding diaryl/α,β-unsaturated/α-hetero) is 3. The van der Waals surface area contributed by atoms with Crippen LogP contribution in [0.15, 0.2) is 59.2 Å². The smallest absolute Gasteiger partial charge is 0.184 e. The van der Waals surface area contributed by atoms with Gasteiger partial charge >= 0.3 is 0 Å². The molecule has 7 heteroatoms. The number of rotatable bonds is 11. The van der Waals surface area contributed by atoms with E-state index in [1.54, 1.807) is 13.8 Å². The molecule has 4 N–H and O–H groups in total. The molecule has 7 nitrogen and oxygen atoms in total. The van der Waals surface area contributed by atoms with Gasteiger partial charge in [0.1, 0.15) is 11.3 Å². The van der Waals surface area contributed by atoms with E-state index in [0.717, 1.165) is 22.8 Å². The minimum absolute atomic E-state index is 0.00909. The van der Waals surface area contributed by atoms with Gasteiger partial charge in [0.05, 0.1) is 16.4 Å². The molecule has 4 atom stereocenters. The molecule has 0 saturated heterocycles. The SMILES string of the molecule is C=C(C)C(CC=C(C)C)CC12CC(CC=C(C)C)C(C)(C)C(CCC(C)(C)O)(C(=O)C(=C(O)c3ccc(O)c(O)c3)C1=O)C2=O. The number of phenols is 2. The number of aliphatic hydroxyl groups excluding tert-OH is 1. The van der Waals surface area contributed by atoms with Crippen LogP contribution in [0, 0.1) is 28.1 Å². The van der Waals surface area contributed by atoms with Crippen LogP contribution in [0.25, 0.3) is 5.76 Å². The van der Waals surface area contributed by atoms with Crippen molar-refractivity contribution in [1.29, 1.82) is 0 Å². The van der Waals surface area contributed by atoms with Gasteiger partial charge in [-0.25, -0.2) is 0 Å². The molecule has 2 aliphatic rings. The summed E-state index contributed by atoms with van der Waals surface area (Å²) in [7, 11) is 0. The van der Waals surface area contributed by atoms with Crippen molar-refractivity contribution >= 4 is 23.1 Å². The monoisotopic (exact) mass is 620 g/mol. The summed E-state index contributed by atoms with van der Waals surface area (Å²) in [5.74, 6) is -4.00. The van der Waals surface area contributed by atoms with Crippen molar-refractivity contribution < 1.29 is 34.8 Å². The fourth-order valence-corrected chi connectivity index (χ4v) is 7.32. The lowest BCUT2D eigenvalue weighted by Gasteiger charge is -2.61. The van der Waals surface area contributed by atoms with Gasteiger partial charge in [0.25, 0.3) is 0 Å². The van der Waals surface area contributed by atoms with E-state index in [1.165, 1.54) is 12.1 Å². The molecule has 0 heterocycles. The molecule has 1 aromatic carbocycles. The highest BCUT2D eigenvalue weighted by Gasteiger charge is 2.74. The van der Waals surface area contributed by atoms with Gasteiger partial charge in [-0.3, -0.25) is 14.4 Å². The number of allylic oxidation sites excluding steroid dienone is 6. The Bertz CT molecular complexity index is 1470. The number of aliphatic hydroxyl groups is 2. The lowest BCUT2D eigenvalue weighted by molar-refractivity contribution is -0.179. The van der Waals surface area contributed by atoms with Crippen LogP contribution < -0.4 is 0 Å². The molecule has 0 spiro atoms. The van der Waals surface area contributed by atoms with Crippen LogP contribution in [0.2, 0.25) is 0 Å². The van der Waals surface area contributed by atoms with E-state index < -0.39 is 62.0 Å². The van der Waals surface area contributed by atoms with Crippen molar-refractivity contribution in [2.75, 3.05) is 0 Å². The van der Waals surface area contributed by atoms with Crippen LogP contribution in [0.1, 0.15) is 106 Å². The minimum Gasteiger partial charge on any atom is -0.506 e. The lowest BCUT2D eigenvalue weighted by atomic mass is 9.38. The molecule has 0 aliphatic heterocycles. The zero-order chi connectivity index (χ0) is 34.3. The standard InChI is InChI=1S/C38H52O7/c1-22(2)11-13-26(24(5)6)20-37-21-27(15-12-23(3)4)36(9,10)38(34(37)44,18-17-35(7,8)45)33(43)30(32(37)42)31(41)25-14-16-28(39)29(40)19-25/h11-12,14,16,19,26-27,39-41,45H,5,13,15,17-18,20-21H2,1-4,6-10H3. The van der Waals surface area contributed by atoms with Gasteiger partial charge < -0.3 is 20.4 Å². The van der Waals surface area contributed by atoms with Crippen molar-refractivity contribution in [1.82, 2.24) is 0 Å². The van der Waals surface area contributed by atoms with E-state index in [2.05, 4.69) is 18.7 Å². The number of ketones is 3. The maximum Gasteiger partial charge on any atom is 0.184 e. The maximum absolute atomic E-state index is 15.2. The molecule has 0 radical (unpaired) electrons. The van der Waals surface area contributed by atoms with Gasteiger partial charge in [0.2, 0.25) is 0 Å². The predicted octanol–water partition coefficient (Wildman–Crippen LogP) is 7.95. The molecule has 45 heavy (non-hydrogen) atoms. The van der Waals surface area contributed by atoms with E-state index in [1.807, 2.05) is 48.5 Å². The number of hydrogen-bond acceptors (Lipinski definition) is 7. The van der Waals surface area contributed by atoms with Gasteiger partial charge in [0, 0.05) is 5.56 Å². The molecule has 0 aromatic heterocycles. The summed E-state index contributed by atoms with van der Waals surface area (Å²) in [6, 6.07) is 3.57. The van der Waals surface area contributed by atoms with Crippen LogP contribution in [0.3, 0.4) is 0 Å². The second-order valence-corrected chi connectivity index (χ2v) is 15.1. The molecule has 1 aromatic rings. The molecule has 0 amide bonds. The zero-order valence-electron chi connectivity index (χ0n) is 28.5. The fourth-order valence-electron chi connectivity index (χ4n) is 7.32. The Morgan fingerprint density at radius 3 is 2.11 bits per heavy atom. The number of carbonyl (C=O) groups is 3. The van der Waals surface area contributed by atoms with Crippen molar-refractivity contribution in [2.24, 2.45) is 28.1 Å². The van der Waals surface area contributed by atoms with Crippen LogP contribution in [-0.4, -0.2) is 43.4 Å². The summed E-state index contributed by atoms with van der Waals surface area (Å²) in [6.45, 7) is 21.1. The quantitative estimate of drug-likeness (QED) is 0.0493. The maximum atomic E-state index is 15.2. The van der Waals surface area contributed by atoms with Gasteiger partial charge in [-0.05, 0) is 122 Å². The number of aromatic hydroxyl groups is 2. The molecule has 246 valence electrons. The fraction of sp³-hybridized carbons (Fsp3) is 0.553. The Hall–Kier alpha value is -3.45. The van der Waals surface area contributed by atoms with Crippen LogP contribution in [0.4, 0.5) is 0 Å². The highest BCUT2D eigenvalue weighted by atomic mass is 16.3. The van der Waals surface area contributed by atoms with Crippen molar-refractivity contribution in [3.05, 3.63) is 64.8 Å². The second kappa shape index (κ2) is 12.7. The number of fused-ring (bicyclic) bond motifs is 2. The number of benzene rings is 1. The average molecular weight is 621 g/mol. The topological polar surface area (TPSA) is 132 Å².